The molecule has 2 amide bonds. The van der Waals surface area contributed by atoms with Crippen LogP contribution >= 0.6 is 0 Å². The summed E-state index contributed by atoms with van der Waals surface area (Å²) in [5.41, 5.74) is 1.20. The Morgan fingerprint density at radius 1 is 1.15 bits per heavy atom. The summed E-state index contributed by atoms with van der Waals surface area (Å²) >= 11 is 0. The Bertz CT molecular complexity index is 478. The maximum Gasteiger partial charge on any atom is 0.335 e. The van der Waals surface area contributed by atoms with E-state index in [1.807, 2.05) is 4.90 Å². The molecular weight excluding hydrogens is 256 g/mol. The molecule has 0 unspecified atom stereocenters. The van der Waals surface area contributed by atoms with Crippen molar-refractivity contribution in [1.29, 1.82) is 0 Å². The van der Waals surface area contributed by atoms with Crippen LogP contribution < -0.4 is 0 Å². The highest BCUT2D eigenvalue weighted by Gasteiger charge is 2.19. The summed E-state index contributed by atoms with van der Waals surface area (Å²) in [6.45, 7) is 2.16. The van der Waals surface area contributed by atoms with E-state index >= 15 is 0 Å². The third kappa shape index (κ3) is 3.50. The van der Waals surface area contributed by atoms with Crippen molar-refractivity contribution in [3.05, 3.63) is 35.4 Å². The second-order valence-corrected chi connectivity index (χ2v) is 5.19. The van der Waals surface area contributed by atoms with Gasteiger partial charge in [0.2, 0.25) is 0 Å². The first-order valence-electron chi connectivity index (χ1n) is 6.90. The van der Waals surface area contributed by atoms with Gasteiger partial charge in [0, 0.05) is 26.7 Å². The van der Waals surface area contributed by atoms with E-state index in [9.17, 15) is 9.59 Å². The Morgan fingerprint density at radius 2 is 1.75 bits per heavy atom. The van der Waals surface area contributed by atoms with Crippen LogP contribution in [0.5, 0.6) is 0 Å². The van der Waals surface area contributed by atoms with E-state index in [0.29, 0.717) is 6.54 Å². The number of carboxylic acid groups (broad SMARTS) is 1. The fourth-order valence-electron chi connectivity index (χ4n) is 2.42. The van der Waals surface area contributed by atoms with Gasteiger partial charge in [-0.15, -0.1) is 0 Å². The predicted molar refractivity (Wildman–Crippen MR) is 75.7 cm³/mol. The molecule has 1 fully saturated rings. The van der Waals surface area contributed by atoms with E-state index in [0.717, 1.165) is 31.5 Å². The number of hydrogen-bond donors (Lipinski definition) is 1. The second kappa shape index (κ2) is 6.41. The summed E-state index contributed by atoms with van der Waals surface area (Å²) < 4.78 is 0. The molecule has 108 valence electrons. The van der Waals surface area contributed by atoms with Crippen molar-refractivity contribution in [3.63, 3.8) is 0 Å². The van der Waals surface area contributed by atoms with Gasteiger partial charge in [-0.05, 0) is 37.0 Å². The lowest BCUT2D eigenvalue weighted by Crippen LogP contribution is -2.43. The van der Waals surface area contributed by atoms with E-state index in [-0.39, 0.29) is 11.6 Å². The van der Waals surface area contributed by atoms with Crippen LogP contribution in [0.4, 0.5) is 4.79 Å². The van der Waals surface area contributed by atoms with Crippen molar-refractivity contribution in [1.82, 2.24) is 9.80 Å². The van der Waals surface area contributed by atoms with Crippen molar-refractivity contribution in [2.24, 2.45) is 0 Å². The van der Waals surface area contributed by atoms with E-state index in [1.165, 1.54) is 6.42 Å². The third-order valence-electron chi connectivity index (χ3n) is 3.57. The lowest BCUT2D eigenvalue weighted by Gasteiger charge is -2.31. The molecule has 1 heterocycles. The Labute approximate surface area is 118 Å². The summed E-state index contributed by atoms with van der Waals surface area (Å²) in [5.74, 6) is -0.936. The van der Waals surface area contributed by atoms with Crippen LogP contribution in [0.15, 0.2) is 24.3 Å². The lowest BCUT2D eigenvalue weighted by molar-refractivity contribution is 0.0696. The first-order valence-corrected chi connectivity index (χ1v) is 6.90. The first kappa shape index (κ1) is 14.4. The Hall–Kier alpha value is -2.04. The first-order chi connectivity index (χ1) is 9.58. The van der Waals surface area contributed by atoms with Crippen molar-refractivity contribution in [3.8, 4) is 0 Å². The second-order valence-electron chi connectivity index (χ2n) is 5.19. The minimum atomic E-state index is -0.936. The van der Waals surface area contributed by atoms with Gasteiger partial charge in [0.1, 0.15) is 0 Å². The monoisotopic (exact) mass is 276 g/mol. The number of benzene rings is 1. The highest BCUT2D eigenvalue weighted by Crippen LogP contribution is 2.13. The fraction of sp³-hybridized carbons (Fsp3) is 0.467. The van der Waals surface area contributed by atoms with Crippen molar-refractivity contribution in [2.75, 3.05) is 20.1 Å². The number of piperidine rings is 1. The number of hydrogen-bond acceptors (Lipinski definition) is 2. The highest BCUT2D eigenvalue weighted by atomic mass is 16.4. The van der Waals surface area contributed by atoms with Crippen LogP contribution in [0.2, 0.25) is 0 Å². The molecule has 0 bridgehead atoms. The number of carbonyl (C=O) groups excluding carboxylic acids is 1. The van der Waals surface area contributed by atoms with Gasteiger partial charge < -0.3 is 14.9 Å². The van der Waals surface area contributed by atoms with Crippen LogP contribution in [-0.4, -0.2) is 47.0 Å². The Balaban J connectivity index is 1.94. The van der Waals surface area contributed by atoms with Gasteiger partial charge in [0.25, 0.3) is 0 Å². The zero-order chi connectivity index (χ0) is 14.5. The molecule has 0 spiro atoms. The van der Waals surface area contributed by atoms with Crippen molar-refractivity contribution < 1.29 is 14.7 Å². The number of carboxylic acids is 1. The predicted octanol–water partition coefficient (Wildman–Crippen LogP) is 2.42. The Kier molecular flexibility index (Phi) is 4.61. The molecule has 0 saturated carbocycles. The lowest BCUT2D eigenvalue weighted by atomic mass is 10.1. The van der Waals surface area contributed by atoms with Gasteiger partial charge in [-0.2, -0.15) is 0 Å². The number of nitrogens with zero attached hydrogens (tertiary/aromatic N) is 2. The molecule has 0 radical (unpaired) electrons. The van der Waals surface area contributed by atoms with Gasteiger partial charge in [-0.3, -0.25) is 0 Å². The molecule has 0 aliphatic carbocycles. The van der Waals surface area contributed by atoms with Crippen molar-refractivity contribution >= 4 is 12.0 Å². The summed E-state index contributed by atoms with van der Waals surface area (Å²) in [6.07, 6.45) is 3.35. The molecule has 0 aromatic heterocycles. The third-order valence-corrected chi connectivity index (χ3v) is 3.57. The van der Waals surface area contributed by atoms with Gasteiger partial charge in [-0.25, -0.2) is 9.59 Å². The molecule has 1 aliphatic heterocycles. The minimum absolute atomic E-state index is 0.0482. The number of carbonyl (C=O) groups is 2. The largest absolute Gasteiger partial charge is 0.478 e. The SMILES string of the molecule is CN(Cc1ccc(C(=O)O)cc1)C(=O)N1CCCCC1. The molecule has 20 heavy (non-hydrogen) atoms. The van der Waals surface area contributed by atoms with Crippen LogP contribution in [0.3, 0.4) is 0 Å². The average molecular weight is 276 g/mol. The fourth-order valence-corrected chi connectivity index (χ4v) is 2.42. The smallest absolute Gasteiger partial charge is 0.335 e. The molecule has 1 aromatic carbocycles. The molecule has 1 saturated heterocycles. The molecule has 2 rings (SSSR count). The standard InChI is InChI=1S/C15H20N2O3/c1-16(15(20)17-9-3-2-4-10-17)11-12-5-7-13(8-6-12)14(18)19/h5-8H,2-4,9-11H2,1H3,(H,18,19). The normalized spacial score (nSPS) is 14.9. The zero-order valence-electron chi connectivity index (χ0n) is 11.7. The van der Waals surface area contributed by atoms with Crippen LogP contribution in [-0.2, 0) is 6.54 Å². The molecular formula is C15H20N2O3. The van der Waals surface area contributed by atoms with Crippen LogP contribution in [0.1, 0.15) is 35.2 Å². The van der Waals surface area contributed by atoms with Gasteiger partial charge in [0.05, 0.1) is 5.56 Å². The number of rotatable bonds is 3. The topological polar surface area (TPSA) is 60.9 Å². The maximum absolute atomic E-state index is 12.2. The number of amides is 2. The van der Waals surface area contributed by atoms with E-state index in [1.54, 1.807) is 36.2 Å². The van der Waals surface area contributed by atoms with Crippen LogP contribution in [0.25, 0.3) is 0 Å². The van der Waals surface area contributed by atoms with Crippen molar-refractivity contribution in [2.45, 2.75) is 25.8 Å². The van der Waals surface area contributed by atoms with E-state index < -0.39 is 5.97 Å². The molecule has 1 N–H and O–H groups in total. The summed E-state index contributed by atoms with van der Waals surface area (Å²) in [4.78, 5) is 26.6. The quantitative estimate of drug-likeness (QED) is 0.922. The van der Waals surface area contributed by atoms with Gasteiger partial charge in [-0.1, -0.05) is 12.1 Å². The van der Waals surface area contributed by atoms with E-state index in [2.05, 4.69) is 0 Å². The molecule has 5 heteroatoms. The van der Waals surface area contributed by atoms with E-state index in [4.69, 9.17) is 5.11 Å². The zero-order valence-corrected chi connectivity index (χ0v) is 11.7. The number of aromatic carboxylic acids is 1. The number of urea groups is 1. The van der Waals surface area contributed by atoms with Gasteiger partial charge >= 0.3 is 12.0 Å². The van der Waals surface area contributed by atoms with Crippen LogP contribution in [0, 0.1) is 0 Å². The minimum Gasteiger partial charge on any atom is -0.478 e. The molecule has 0 atom stereocenters. The summed E-state index contributed by atoms with van der Waals surface area (Å²) in [5, 5.41) is 8.84. The highest BCUT2D eigenvalue weighted by molar-refractivity contribution is 5.87. The average Bonchev–Trinajstić information content (AvgIpc) is 2.48. The Morgan fingerprint density at radius 3 is 2.30 bits per heavy atom. The summed E-state index contributed by atoms with van der Waals surface area (Å²) in [7, 11) is 1.78. The number of likely N-dealkylation sites (tertiary alicyclic amines) is 1. The maximum atomic E-state index is 12.2. The van der Waals surface area contributed by atoms with Gasteiger partial charge in [0.15, 0.2) is 0 Å². The molecule has 5 nitrogen and oxygen atoms in total. The summed E-state index contributed by atoms with van der Waals surface area (Å²) in [6, 6.07) is 6.69. The molecule has 1 aliphatic rings. The molecule has 1 aromatic rings.